The molecule has 3 unspecified atom stereocenters. The van der Waals surface area contributed by atoms with Crippen LogP contribution in [0, 0.1) is 0 Å². The molecule has 0 aromatic carbocycles. The van der Waals surface area contributed by atoms with Gasteiger partial charge in [-0.1, -0.05) is 221 Å². The highest BCUT2D eigenvalue weighted by molar-refractivity contribution is 5.77. The number of unbranched alkanes of at least 4 members (excludes halogenated alkanes) is 21. The molecule has 0 fully saturated rings. The average molecular weight is 892 g/mol. The summed E-state index contributed by atoms with van der Waals surface area (Å²) >= 11 is 0. The molecule has 0 aromatic rings. The Bertz CT molecular complexity index is 1230. The molecule has 0 radical (unpaired) electrons. The number of aliphatic hydroxyl groups is 2. The predicted octanol–water partition coefficient (Wildman–Crippen LogP) is 16.3. The number of nitrogens with one attached hydrogen (secondary N) is 1. The van der Waals surface area contributed by atoms with Crippen LogP contribution in [-0.4, -0.2) is 46.9 Å². The Labute approximate surface area is 395 Å². The Balaban J connectivity index is 4.61. The van der Waals surface area contributed by atoms with Gasteiger partial charge in [0.25, 0.3) is 0 Å². The third-order valence-electron chi connectivity index (χ3n) is 11.7. The molecule has 6 nitrogen and oxygen atoms in total. The molecule has 0 bridgehead atoms. The van der Waals surface area contributed by atoms with E-state index in [1.54, 1.807) is 0 Å². The normalized spacial score (nSPS) is 13.9. The van der Waals surface area contributed by atoms with E-state index >= 15 is 0 Å². The minimum absolute atomic E-state index is 0.0508. The maximum Gasteiger partial charge on any atom is 0.306 e. The number of hydrogen-bond acceptors (Lipinski definition) is 5. The zero-order chi connectivity index (χ0) is 46.7. The van der Waals surface area contributed by atoms with Crippen LogP contribution in [0.3, 0.4) is 0 Å². The summed E-state index contributed by atoms with van der Waals surface area (Å²) in [5, 5.41) is 23.8. The highest BCUT2D eigenvalue weighted by atomic mass is 16.5. The molecule has 1 amide bonds. The summed E-state index contributed by atoms with van der Waals surface area (Å²) in [6, 6.07) is -0.717. The fourth-order valence-electron chi connectivity index (χ4n) is 7.73. The zero-order valence-corrected chi connectivity index (χ0v) is 41.9. The smallest absolute Gasteiger partial charge is 0.306 e. The highest BCUT2D eigenvalue weighted by Crippen LogP contribution is 2.17. The van der Waals surface area contributed by atoms with E-state index in [2.05, 4.69) is 111 Å². The van der Waals surface area contributed by atoms with Gasteiger partial charge in [-0.25, -0.2) is 0 Å². The largest absolute Gasteiger partial charge is 0.462 e. The van der Waals surface area contributed by atoms with E-state index in [-0.39, 0.29) is 24.9 Å². The van der Waals surface area contributed by atoms with Gasteiger partial charge in [0.2, 0.25) is 5.91 Å². The van der Waals surface area contributed by atoms with E-state index in [0.717, 1.165) is 122 Å². The Morgan fingerprint density at radius 2 is 0.844 bits per heavy atom. The van der Waals surface area contributed by atoms with Crippen LogP contribution in [0.25, 0.3) is 0 Å². The van der Waals surface area contributed by atoms with Gasteiger partial charge in [-0.15, -0.1) is 0 Å². The maximum atomic E-state index is 13.2. The summed E-state index contributed by atoms with van der Waals surface area (Å²) < 4.78 is 5.92. The van der Waals surface area contributed by atoms with Crippen LogP contribution in [0.15, 0.2) is 85.1 Å². The Morgan fingerprint density at radius 3 is 1.28 bits per heavy atom. The van der Waals surface area contributed by atoms with Crippen molar-refractivity contribution in [3.63, 3.8) is 0 Å². The van der Waals surface area contributed by atoms with Crippen molar-refractivity contribution in [1.29, 1.82) is 0 Å². The van der Waals surface area contributed by atoms with E-state index in [0.29, 0.717) is 19.3 Å². The predicted molar refractivity (Wildman–Crippen MR) is 278 cm³/mol. The van der Waals surface area contributed by atoms with Gasteiger partial charge in [0.05, 0.1) is 25.2 Å². The Kier molecular flexibility index (Phi) is 48.7. The fraction of sp³-hybridized carbons (Fsp3) is 0.724. The van der Waals surface area contributed by atoms with Crippen molar-refractivity contribution >= 4 is 11.9 Å². The lowest BCUT2D eigenvalue weighted by atomic mass is 10.0. The first-order valence-electron chi connectivity index (χ1n) is 26.8. The topological polar surface area (TPSA) is 95.9 Å². The summed E-state index contributed by atoms with van der Waals surface area (Å²) in [5.74, 6) is -0.528. The summed E-state index contributed by atoms with van der Waals surface area (Å²) in [6.07, 6.45) is 66.4. The zero-order valence-electron chi connectivity index (χ0n) is 41.9. The number of amides is 1. The SMILES string of the molecule is CC/C=C\C/C=C\C/C=C\C/C=C\C/C=C\CCCCCC(=O)OC(CCCCCCC/C=C/C/C=C/CC)CC(=O)NC(CO)C(O)CCCCCCCCCCCCCCCC. The third-order valence-corrected chi connectivity index (χ3v) is 11.7. The minimum atomic E-state index is -0.801. The second kappa shape index (κ2) is 51.0. The van der Waals surface area contributed by atoms with Crippen LogP contribution >= 0.6 is 0 Å². The van der Waals surface area contributed by atoms with Crippen LogP contribution in [0.1, 0.15) is 245 Å². The molecule has 3 atom stereocenters. The van der Waals surface area contributed by atoms with Crippen LogP contribution in [-0.2, 0) is 14.3 Å². The first-order valence-corrected chi connectivity index (χ1v) is 26.8. The first kappa shape index (κ1) is 61.0. The first-order chi connectivity index (χ1) is 31.5. The van der Waals surface area contributed by atoms with Gasteiger partial charge in [0, 0.05) is 6.42 Å². The summed E-state index contributed by atoms with van der Waals surface area (Å²) in [7, 11) is 0. The van der Waals surface area contributed by atoms with Crippen molar-refractivity contribution in [2.24, 2.45) is 0 Å². The molecule has 0 aliphatic heterocycles. The van der Waals surface area contributed by atoms with E-state index in [4.69, 9.17) is 4.74 Å². The maximum absolute atomic E-state index is 13.2. The lowest BCUT2D eigenvalue weighted by molar-refractivity contribution is -0.151. The van der Waals surface area contributed by atoms with Crippen molar-refractivity contribution < 1.29 is 24.5 Å². The van der Waals surface area contributed by atoms with Gasteiger partial charge in [0.1, 0.15) is 6.10 Å². The highest BCUT2D eigenvalue weighted by Gasteiger charge is 2.24. The Hall–Kier alpha value is -2.96. The van der Waals surface area contributed by atoms with Gasteiger partial charge in [0.15, 0.2) is 0 Å². The molecule has 0 rings (SSSR count). The monoisotopic (exact) mass is 892 g/mol. The molecule has 0 heterocycles. The molecular formula is C58H101NO5. The lowest BCUT2D eigenvalue weighted by Crippen LogP contribution is -2.46. The van der Waals surface area contributed by atoms with E-state index in [1.165, 1.54) is 77.0 Å². The van der Waals surface area contributed by atoms with Crippen LogP contribution in [0.2, 0.25) is 0 Å². The number of esters is 1. The summed E-state index contributed by atoms with van der Waals surface area (Å²) in [5.41, 5.74) is 0. The van der Waals surface area contributed by atoms with Crippen molar-refractivity contribution in [3.8, 4) is 0 Å². The molecule has 6 heteroatoms. The molecule has 3 N–H and O–H groups in total. The average Bonchev–Trinajstić information content (AvgIpc) is 3.29. The molecule has 0 aromatic heterocycles. The molecule has 0 saturated carbocycles. The second-order valence-electron chi connectivity index (χ2n) is 17.9. The Morgan fingerprint density at radius 1 is 0.469 bits per heavy atom. The minimum Gasteiger partial charge on any atom is -0.462 e. The third kappa shape index (κ3) is 45.6. The van der Waals surface area contributed by atoms with Gasteiger partial charge < -0.3 is 20.3 Å². The lowest BCUT2D eigenvalue weighted by Gasteiger charge is -2.24. The quantitative estimate of drug-likeness (QED) is 0.0321. The van der Waals surface area contributed by atoms with E-state index in [9.17, 15) is 19.8 Å². The molecular weight excluding hydrogens is 791 g/mol. The number of ether oxygens (including phenoxy) is 1. The van der Waals surface area contributed by atoms with Gasteiger partial charge in [-0.2, -0.15) is 0 Å². The molecule has 0 aliphatic carbocycles. The van der Waals surface area contributed by atoms with Gasteiger partial charge in [-0.05, 0) is 96.3 Å². The number of rotatable bonds is 47. The van der Waals surface area contributed by atoms with Crippen molar-refractivity contribution in [3.05, 3.63) is 85.1 Å². The van der Waals surface area contributed by atoms with Gasteiger partial charge >= 0.3 is 5.97 Å². The van der Waals surface area contributed by atoms with Crippen LogP contribution in [0.5, 0.6) is 0 Å². The van der Waals surface area contributed by atoms with Crippen molar-refractivity contribution in [2.45, 2.75) is 264 Å². The number of carbonyl (C=O) groups excluding carboxylic acids is 2. The number of hydrogen-bond donors (Lipinski definition) is 3. The van der Waals surface area contributed by atoms with E-state index < -0.39 is 18.2 Å². The van der Waals surface area contributed by atoms with Crippen molar-refractivity contribution in [1.82, 2.24) is 5.32 Å². The summed E-state index contributed by atoms with van der Waals surface area (Å²) in [6.45, 7) is 6.25. The molecule has 0 saturated heterocycles. The summed E-state index contributed by atoms with van der Waals surface area (Å²) in [4.78, 5) is 26.2. The van der Waals surface area contributed by atoms with Crippen LogP contribution < -0.4 is 5.32 Å². The number of carbonyl (C=O) groups is 2. The number of allylic oxidation sites excluding steroid dienone is 14. The van der Waals surface area contributed by atoms with E-state index in [1.807, 2.05) is 0 Å². The standard InChI is InChI=1S/C58H101NO5/c1-4-7-10-13-16-19-22-25-27-28-29-30-31-33-36-39-42-45-48-51-58(63)64-54(49-46-43-40-37-34-24-21-18-15-12-9-6-3)52-57(62)59-55(53-60)56(61)50-47-44-41-38-35-32-26-23-20-17-14-11-8-5-2/h7,9-10,12,16,18-19,21,25,27,29-30,33,36,54-56,60-61H,4-6,8,11,13-15,17,20,22-24,26,28,31-32,34-35,37-53H2,1-3H3,(H,59,62)/b10-7-,12-9+,19-16-,21-18+,27-25-,30-29-,36-33-. The molecule has 0 spiro atoms. The molecule has 0 aliphatic rings. The van der Waals surface area contributed by atoms with Gasteiger partial charge in [-0.3, -0.25) is 9.59 Å². The second-order valence-corrected chi connectivity index (χ2v) is 17.9. The molecule has 64 heavy (non-hydrogen) atoms. The molecule has 368 valence electrons. The van der Waals surface area contributed by atoms with Crippen LogP contribution in [0.4, 0.5) is 0 Å². The van der Waals surface area contributed by atoms with Crippen molar-refractivity contribution in [2.75, 3.05) is 6.61 Å². The fourth-order valence-corrected chi connectivity index (χ4v) is 7.73. The number of aliphatic hydroxyl groups excluding tert-OH is 2.